The predicted molar refractivity (Wildman–Crippen MR) is 112 cm³/mol. The van der Waals surface area contributed by atoms with Crippen LogP contribution in [-0.4, -0.2) is 52.5 Å². The molecule has 9 heteroatoms. The van der Waals surface area contributed by atoms with E-state index in [-0.39, 0.29) is 30.9 Å². The molecule has 0 spiro atoms. The molecule has 2 atom stereocenters. The van der Waals surface area contributed by atoms with Crippen molar-refractivity contribution in [3.05, 3.63) is 53.7 Å². The second-order valence-electron chi connectivity index (χ2n) is 8.52. The molecule has 2 aromatic rings. The number of hydrogen-bond donors (Lipinski definition) is 2. The molecule has 0 saturated carbocycles. The third-order valence-corrected chi connectivity index (χ3v) is 4.70. The number of amides is 3. The fraction of sp³-hybridized carbons (Fsp3) is 0.455. The largest absolute Gasteiger partial charge is 0.446 e. The first-order valence-electron chi connectivity index (χ1n) is 10.2. The lowest BCUT2D eigenvalue weighted by atomic mass is 10.1. The molecular weight excluding hydrogens is 400 g/mol. The molecule has 166 valence electrons. The highest BCUT2D eigenvalue weighted by atomic mass is 16.6. The summed E-state index contributed by atoms with van der Waals surface area (Å²) in [5.41, 5.74) is 0.583. The van der Waals surface area contributed by atoms with Crippen molar-refractivity contribution in [2.75, 3.05) is 13.1 Å². The summed E-state index contributed by atoms with van der Waals surface area (Å²) in [6, 6.07) is 8.16. The number of oxazole rings is 1. The van der Waals surface area contributed by atoms with E-state index in [4.69, 9.17) is 9.15 Å². The highest BCUT2D eigenvalue weighted by Crippen LogP contribution is 2.32. The van der Waals surface area contributed by atoms with Crippen LogP contribution in [0.4, 0.5) is 4.79 Å². The van der Waals surface area contributed by atoms with E-state index in [9.17, 15) is 14.4 Å². The lowest BCUT2D eigenvalue weighted by Crippen LogP contribution is -2.43. The Morgan fingerprint density at radius 3 is 2.55 bits per heavy atom. The molecule has 31 heavy (non-hydrogen) atoms. The maximum absolute atomic E-state index is 12.9. The topological polar surface area (TPSA) is 114 Å². The number of benzene rings is 1. The van der Waals surface area contributed by atoms with Crippen molar-refractivity contribution in [2.24, 2.45) is 0 Å². The molecule has 1 fully saturated rings. The monoisotopic (exact) mass is 428 g/mol. The number of carbonyl (C=O) groups is 3. The van der Waals surface area contributed by atoms with Gasteiger partial charge in [0.15, 0.2) is 0 Å². The summed E-state index contributed by atoms with van der Waals surface area (Å²) in [6.07, 6.45) is 1.31. The van der Waals surface area contributed by atoms with Crippen LogP contribution in [0.1, 0.15) is 55.2 Å². The average Bonchev–Trinajstić information content (AvgIpc) is 3.31. The molecule has 1 aliphatic heterocycles. The van der Waals surface area contributed by atoms with Crippen LogP contribution in [0.5, 0.6) is 0 Å². The van der Waals surface area contributed by atoms with Gasteiger partial charge >= 0.3 is 6.09 Å². The second-order valence-corrected chi connectivity index (χ2v) is 8.52. The van der Waals surface area contributed by atoms with E-state index in [0.717, 1.165) is 0 Å². The zero-order valence-electron chi connectivity index (χ0n) is 18.2. The van der Waals surface area contributed by atoms with Gasteiger partial charge in [-0.1, -0.05) is 18.2 Å². The Hall–Kier alpha value is -3.36. The molecule has 0 unspecified atom stereocenters. The van der Waals surface area contributed by atoms with E-state index in [1.165, 1.54) is 6.26 Å². The second kappa shape index (κ2) is 9.20. The normalized spacial score (nSPS) is 18.5. The molecule has 3 amide bonds. The summed E-state index contributed by atoms with van der Waals surface area (Å²) < 4.78 is 10.7. The maximum Gasteiger partial charge on any atom is 0.408 e. The minimum atomic E-state index is -0.669. The van der Waals surface area contributed by atoms with E-state index in [1.54, 1.807) is 56.9 Å². The Bertz CT molecular complexity index is 935. The summed E-state index contributed by atoms with van der Waals surface area (Å²) in [5.74, 6) is -0.128. The van der Waals surface area contributed by atoms with Crippen LogP contribution < -0.4 is 10.6 Å². The first-order chi connectivity index (χ1) is 14.6. The van der Waals surface area contributed by atoms with Crippen molar-refractivity contribution in [3.63, 3.8) is 0 Å². The van der Waals surface area contributed by atoms with Gasteiger partial charge in [0.2, 0.25) is 11.8 Å². The first kappa shape index (κ1) is 22.3. The zero-order chi connectivity index (χ0) is 22.6. The van der Waals surface area contributed by atoms with Gasteiger partial charge in [-0.25, -0.2) is 9.78 Å². The SMILES string of the molecule is Cc1coc([C@@H]2C[C@@H](NC(=O)c3ccccc3)CN2C(=O)CNC(=O)OC(C)(C)C)n1. The summed E-state index contributed by atoms with van der Waals surface area (Å²) in [6.45, 7) is 7.08. The van der Waals surface area contributed by atoms with Gasteiger partial charge in [-0.05, 0) is 46.2 Å². The van der Waals surface area contributed by atoms with Crippen molar-refractivity contribution in [3.8, 4) is 0 Å². The summed E-state index contributed by atoms with van der Waals surface area (Å²) in [7, 11) is 0. The maximum atomic E-state index is 12.9. The molecule has 1 aliphatic rings. The minimum Gasteiger partial charge on any atom is -0.446 e. The summed E-state index contributed by atoms with van der Waals surface area (Å²) in [5, 5.41) is 5.45. The van der Waals surface area contributed by atoms with Crippen LogP contribution in [0.2, 0.25) is 0 Å². The molecule has 0 radical (unpaired) electrons. The molecule has 1 aromatic heterocycles. The van der Waals surface area contributed by atoms with Gasteiger partial charge in [-0.15, -0.1) is 0 Å². The number of aryl methyl sites for hydroxylation is 1. The first-order valence-corrected chi connectivity index (χ1v) is 10.2. The number of likely N-dealkylation sites (tertiary alicyclic amines) is 1. The van der Waals surface area contributed by atoms with Gasteiger partial charge in [-0.3, -0.25) is 9.59 Å². The fourth-order valence-electron chi connectivity index (χ4n) is 3.40. The molecule has 1 aromatic carbocycles. The predicted octanol–water partition coefficient (Wildman–Crippen LogP) is 2.58. The third kappa shape index (κ3) is 6.07. The summed E-state index contributed by atoms with van der Waals surface area (Å²) >= 11 is 0. The number of alkyl carbamates (subject to hydrolysis) is 1. The summed E-state index contributed by atoms with van der Waals surface area (Å²) in [4.78, 5) is 43.3. The Balaban J connectivity index is 1.68. The lowest BCUT2D eigenvalue weighted by molar-refractivity contribution is -0.131. The van der Waals surface area contributed by atoms with Crippen LogP contribution >= 0.6 is 0 Å². The molecule has 9 nitrogen and oxygen atoms in total. The number of aromatic nitrogens is 1. The fourth-order valence-corrected chi connectivity index (χ4v) is 3.40. The highest BCUT2D eigenvalue weighted by molar-refractivity contribution is 5.94. The van der Waals surface area contributed by atoms with E-state index in [2.05, 4.69) is 15.6 Å². The number of ether oxygens (including phenoxy) is 1. The van der Waals surface area contributed by atoms with E-state index in [0.29, 0.717) is 23.6 Å². The van der Waals surface area contributed by atoms with E-state index >= 15 is 0 Å². The lowest BCUT2D eigenvalue weighted by Gasteiger charge is -2.23. The van der Waals surface area contributed by atoms with Gasteiger partial charge in [0, 0.05) is 18.2 Å². The Morgan fingerprint density at radius 2 is 1.94 bits per heavy atom. The Labute approximate surface area is 181 Å². The number of nitrogens with one attached hydrogen (secondary N) is 2. The van der Waals surface area contributed by atoms with Crippen LogP contribution in [0.3, 0.4) is 0 Å². The van der Waals surface area contributed by atoms with Gasteiger partial charge in [0.1, 0.15) is 24.5 Å². The molecule has 1 saturated heterocycles. The Morgan fingerprint density at radius 1 is 1.23 bits per heavy atom. The zero-order valence-corrected chi connectivity index (χ0v) is 18.2. The van der Waals surface area contributed by atoms with Crippen molar-refractivity contribution in [1.82, 2.24) is 20.5 Å². The average molecular weight is 428 g/mol. The van der Waals surface area contributed by atoms with Crippen molar-refractivity contribution in [2.45, 2.75) is 51.8 Å². The highest BCUT2D eigenvalue weighted by Gasteiger charge is 2.39. The van der Waals surface area contributed by atoms with Crippen molar-refractivity contribution < 1.29 is 23.5 Å². The van der Waals surface area contributed by atoms with Crippen molar-refractivity contribution >= 4 is 17.9 Å². The third-order valence-electron chi connectivity index (χ3n) is 4.70. The van der Waals surface area contributed by atoms with Crippen LogP contribution in [0, 0.1) is 6.92 Å². The van der Waals surface area contributed by atoms with E-state index in [1.807, 2.05) is 6.07 Å². The molecular formula is C22H28N4O5. The quantitative estimate of drug-likeness (QED) is 0.757. The number of carbonyl (C=O) groups excluding carboxylic acids is 3. The van der Waals surface area contributed by atoms with Crippen LogP contribution in [0.15, 0.2) is 41.0 Å². The van der Waals surface area contributed by atoms with Crippen LogP contribution in [0.25, 0.3) is 0 Å². The molecule has 2 N–H and O–H groups in total. The standard InChI is InChI=1S/C22H28N4O5/c1-14-13-30-20(24-14)17-10-16(25-19(28)15-8-6-5-7-9-15)12-26(17)18(27)11-23-21(29)31-22(2,3)4/h5-9,13,16-17H,10-12H2,1-4H3,(H,23,29)(H,25,28)/t16-,17+/m1/s1. The minimum absolute atomic E-state index is 0.214. The van der Waals surface area contributed by atoms with E-state index < -0.39 is 17.7 Å². The molecule has 2 heterocycles. The van der Waals surface area contributed by atoms with Gasteiger partial charge in [0.25, 0.3) is 5.91 Å². The smallest absolute Gasteiger partial charge is 0.408 e. The number of hydrogen-bond acceptors (Lipinski definition) is 6. The molecule has 0 aliphatic carbocycles. The molecule has 0 bridgehead atoms. The van der Waals surface area contributed by atoms with Gasteiger partial charge in [0.05, 0.1) is 5.69 Å². The van der Waals surface area contributed by atoms with Gasteiger partial charge < -0.3 is 24.7 Å². The Kier molecular flexibility index (Phi) is 6.62. The number of nitrogens with zero attached hydrogens (tertiary/aromatic N) is 2. The van der Waals surface area contributed by atoms with Gasteiger partial charge in [-0.2, -0.15) is 0 Å². The molecule has 3 rings (SSSR count). The number of rotatable bonds is 5. The van der Waals surface area contributed by atoms with Crippen molar-refractivity contribution in [1.29, 1.82) is 0 Å². The van der Waals surface area contributed by atoms with Crippen LogP contribution in [-0.2, 0) is 9.53 Å².